The normalized spacial score (nSPS) is 18.9. The Morgan fingerprint density at radius 2 is 1.80 bits per heavy atom. The van der Waals surface area contributed by atoms with E-state index in [4.69, 9.17) is 10.5 Å². The maximum atomic E-state index is 12.5. The Kier molecular flexibility index (Phi) is 8.99. The SMILES string of the molecule is CC.Nc1nc2c(c3c1COC3)CCCC2.O=CN1CCCC[C@@H]1c1ccc(C(F)(F)F)cc1O. The minimum atomic E-state index is -4.48. The number of aryl methyl sites for hydroxylation is 1. The molecule has 0 unspecified atom stereocenters. The number of fused-ring (bicyclic) bond motifs is 3. The molecule has 3 N–H and O–H groups in total. The van der Waals surface area contributed by atoms with E-state index in [0.29, 0.717) is 43.4 Å². The number of nitrogens with two attached hydrogens (primary N) is 1. The number of amides is 1. The molecule has 3 aliphatic rings. The topological polar surface area (TPSA) is 88.7 Å². The van der Waals surface area contributed by atoms with Gasteiger partial charge in [0, 0.05) is 23.4 Å². The van der Waals surface area contributed by atoms with Gasteiger partial charge in [0.1, 0.15) is 11.6 Å². The molecule has 0 saturated carbocycles. The molecule has 1 aliphatic carbocycles. The predicted octanol–water partition coefficient (Wildman–Crippen LogP) is 5.69. The smallest absolute Gasteiger partial charge is 0.416 e. The molecule has 192 valence electrons. The van der Waals surface area contributed by atoms with E-state index in [1.165, 1.54) is 40.6 Å². The molecule has 35 heavy (non-hydrogen) atoms. The van der Waals surface area contributed by atoms with Crippen LogP contribution in [0.5, 0.6) is 5.75 Å². The Balaban J connectivity index is 0.000000189. The molecule has 0 spiro atoms. The summed E-state index contributed by atoms with van der Waals surface area (Å²) in [6, 6.07) is 2.57. The highest BCUT2D eigenvalue weighted by Crippen LogP contribution is 2.38. The van der Waals surface area contributed by atoms with Crippen LogP contribution in [-0.4, -0.2) is 27.9 Å². The molecule has 2 aromatic rings. The number of aromatic nitrogens is 1. The van der Waals surface area contributed by atoms with Crippen LogP contribution in [0.1, 0.15) is 85.5 Å². The highest BCUT2D eigenvalue weighted by atomic mass is 19.4. The van der Waals surface area contributed by atoms with E-state index in [0.717, 1.165) is 43.9 Å². The number of ether oxygens (including phenoxy) is 1. The van der Waals surface area contributed by atoms with Gasteiger partial charge in [-0.15, -0.1) is 0 Å². The number of hydrogen-bond donors (Lipinski definition) is 2. The Morgan fingerprint density at radius 1 is 1.09 bits per heavy atom. The molecule has 1 aromatic carbocycles. The third kappa shape index (κ3) is 6.07. The average molecular weight is 494 g/mol. The summed E-state index contributed by atoms with van der Waals surface area (Å²) in [4.78, 5) is 16.9. The number of nitrogens with zero attached hydrogens (tertiary/aromatic N) is 2. The lowest BCUT2D eigenvalue weighted by Crippen LogP contribution is -2.32. The van der Waals surface area contributed by atoms with Gasteiger partial charge in [-0.05, 0) is 68.2 Å². The first-order valence-corrected chi connectivity index (χ1v) is 12.3. The fourth-order valence-electron chi connectivity index (χ4n) is 4.89. The van der Waals surface area contributed by atoms with Crippen molar-refractivity contribution in [3.05, 3.63) is 51.7 Å². The zero-order valence-electron chi connectivity index (χ0n) is 20.3. The fraction of sp³-hybridized carbons (Fsp3) is 0.538. The quantitative estimate of drug-likeness (QED) is 0.525. The van der Waals surface area contributed by atoms with Crippen molar-refractivity contribution < 1.29 is 27.8 Å². The van der Waals surface area contributed by atoms with Crippen LogP contribution in [0.4, 0.5) is 19.0 Å². The number of piperidine rings is 1. The summed E-state index contributed by atoms with van der Waals surface area (Å²) < 4.78 is 43.0. The van der Waals surface area contributed by atoms with Crippen LogP contribution in [0.3, 0.4) is 0 Å². The third-order valence-electron chi connectivity index (χ3n) is 6.62. The van der Waals surface area contributed by atoms with E-state index in [1.807, 2.05) is 13.8 Å². The number of halogens is 3. The number of anilines is 1. The second-order valence-electron chi connectivity index (χ2n) is 8.71. The van der Waals surface area contributed by atoms with Crippen molar-refractivity contribution in [2.24, 2.45) is 0 Å². The zero-order valence-corrected chi connectivity index (χ0v) is 20.3. The fourth-order valence-corrected chi connectivity index (χ4v) is 4.89. The summed E-state index contributed by atoms with van der Waals surface area (Å²) in [6.45, 7) is 5.96. The number of phenolic OH excluding ortho intramolecular Hbond substituents is 1. The summed E-state index contributed by atoms with van der Waals surface area (Å²) in [7, 11) is 0. The van der Waals surface area contributed by atoms with Gasteiger partial charge in [-0.1, -0.05) is 19.9 Å². The number of carbonyl (C=O) groups excluding carboxylic acids is 1. The molecule has 1 fully saturated rings. The highest BCUT2D eigenvalue weighted by molar-refractivity contribution is 5.52. The van der Waals surface area contributed by atoms with Crippen molar-refractivity contribution in [1.82, 2.24) is 9.88 Å². The standard InChI is InChI=1S/C13H14F3NO2.C11H14N2O.C2H6/c14-13(15,16)9-4-5-10(12(19)7-9)11-3-1-2-6-17(11)8-18;12-11-9-6-14-5-8(9)7-3-1-2-4-10(7)13-11;1-2/h4-5,7-8,11,19H,1-3,6H2;1-6H2,(H2,12,13);1-2H3/t11-;;/m1../s1. The molecule has 6 nitrogen and oxygen atoms in total. The van der Waals surface area contributed by atoms with E-state index in [2.05, 4.69) is 4.98 Å². The average Bonchev–Trinajstić information content (AvgIpc) is 3.36. The van der Waals surface area contributed by atoms with Crippen LogP contribution in [0.2, 0.25) is 0 Å². The molecule has 9 heteroatoms. The predicted molar refractivity (Wildman–Crippen MR) is 128 cm³/mol. The lowest BCUT2D eigenvalue weighted by molar-refractivity contribution is -0.137. The van der Waals surface area contributed by atoms with Gasteiger partial charge in [0.05, 0.1) is 24.8 Å². The molecule has 1 atom stereocenters. The van der Waals surface area contributed by atoms with Crippen LogP contribution in [0, 0.1) is 0 Å². The summed E-state index contributed by atoms with van der Waals surface area (Å²) in [6.07, 6.45) is 3.39. The molecule has 0 bridgehead atoms. The first-order valence-electron chi connectivity index (χ1n) is 12.3. The van der Waals surface area contributed by atoms with Gasteiger partial charge in [-0.25, -0.2) is 4.98 Å². The Morgan fingerprint density at radius 3 is 2.49 bits per heavy atom. The number of aromatic hydroxyl groups is 1. The van der Waals surface area contributed by atoms with E-state index in [1.54, 1.807) is 0 Å². The molecule has 5 rings (SSSR count). The van der Waals surface area contributed by atoms with Gasteiger partial charge in [0.15, 0.2) is 0 Å². The molecular weight excluding hydrogens is 459 g/mol. The zero-order chi connectivity index (χ0) is 25.6. The monoisotopic (exact) mass is 493 g/mol. The van der Waals surface area contributed by atoms with Gasteiger partial charge in [-0.2, -0.15) is 13.2 Å². The second-order valence-corrected chi connectivity index (χ2v) is 8.71. The summed E-state index contributed by atoms with van der Waals surface area (Å²) in [5, 5.41) is 9.78. The van der Waals surface area contributed by atoms with Crippen molar-refractivity contribution in [1.29, 1.82) is 0 Å². The number of phenols is 1. The van der Waals surface area contributed by atoms with Crippen LogP contribution in [-0.2, 0) is 41.8 Å². The van der Waals surface area contributed by atoms with Crippen LogP contribution < -0.4 is 5.73 Å². The first-order chi connectivity index (χ1) is 16.8. The molecule has 2 aliphatic heterocycles. The van der Waals surface area contributed by atoms with Crippen molar-refractivity contribution in [3.8, 4) is 5.75 Å². The van der Waals surface area contributed by atoms with E-state index < -0.39 is 17.5 Å². The largest absolute Gasteiger partial charge is 0.508 e. The van der Waals surface area contributed by atoms with Gasteiger partial charge < -0.3 is 20.5 Å². The molecule has 1 amide bonds. The van der Waals surface area contributed by atoms with Crippen molar-refractivity contribution >= 4 is 12.2 Å². The lowest BCUT2D eigenvalue weighted by Gasteiger charge is -2.33. The van der Waals surface area contributed by atoms with Crippen molar-refractivity contribution in [2.75, 3.05) is 12.3 Å². The molecule has 1 aromatic heterocycles. The number of nitrogen functional groups attached to an aromatic ring is 1. The lowest BCUT2D eigenvalue weighted by atomic mass is 9.91. The van der Waals surface area contributed by atoms with Crippen LogP contribution >= 0.6 is 0 Å². The Bertz CT molecular complexity index is 1030. The number of carbonyl (C=O) groups is 1. The maximum Gasteiger partial charge on any atom is 0.416 e. The van der Waals surface area contributed by atoms with Crippen molar-refractivity contribution in [2.45, 2.75) is 84.2 Å². The van der Waals surface area contributed by atoms with Gasteiger partial charge >= 0.3 is 6.18 Å². The van der Waals surface area contributed by atoms with Gasteiger partial charge in [-0.3, -0.25) is 4.79 Å². The van der Waals surface area contributed by atoms with Crippen LogP contribution in [0.15, 0.2) is 18.2 Å². The van der Waals surface area contributed by atoms with E-state index in [9.17, 15) is 23.1 Å². The maximum absolute atomic E-state index is 12.5. The summed E-state index contributed by atoms with van der Waals surface area (Å²) in [5.41, 5.74) is 10.5. The number of rotatable bonds is 2. The Hall–Kier alpha value is -2.81. The third-order valence-corrected chi connectivity index (χ3v) is 6.62. The summed E-state index contributed by atoms with van der Waals surface area (Å²) >= 11 is 0. The van der Waals surface area contributed by atoms with Gasteiger partial charge in [0.25, 0.3) is 0 Å². The number of pyridine rings is 1. The summed E-state index contributed by atoms with van der Waals surface area (Å²) in [5.74, 6) is 0.284. The first kappa shape index (κ1) is 26.8. The minimum absolute atomic E-state index is 0.339. The number of alkyl halides is 3. The number of hydrogen-bond acceptors (Lipinski definition) is 5. The van der Waals surface area contributed by atoms with E-state index >= 15 is 0 Å². The van der Waals surface area contributed by atoms with Crippen LogP contribution in [0.25, 0.3) is 0 Å². The molecule has 0 radical (unpaired) electrons. The molecular formula is C26H34F3N3O3. The highest BCUT2D eigenvalue weighted by Gasteiger charge is 2.32. The molecule has 3 heterocycles. The van der Waals surface area contributed by atoms with Gasteiger partial charge in [0.2, 0.25) is 6.41 Å². The van der Waals surface area contributed by atoms with Crippen molar-refractivity contribution in [3.63, 3.8) is 0 Å². The number of benzene rings is 1. The Labute approximate surface area is 204 Å². The number of likely N-dealkylation sites (tertiary alicyclic amines) is 1. The van der Waals surface area contributed by atoms with E-state index in [-0.39, 0.29) is 6.04 Å². The second kappa shape index (κ2) is 11.7. The minimum Gasteiger partial charge on any atom is -0.508 e. The molecule has 1 saturated heterocycles.